The first kappa shape index (κ1) is 19.0. The molecule has 4 atom stereocenters. The van der Waals surface area contributed by atoms with E-state index in [9.17, 15) is 9.18 Å². The van der Waals surface area contributed by atoms with Gasteiger partial charge < -0.3 is 15.4 Å². The molecule has 2 N–H and O–H groups in total. The lowest BCUT2D eigenvalue weighted by molar-refractivity contribution is -0.123. The summed E-state index contributed by atoms with van der Waals surface area (Å²) in [6, 6.07) is 6.73. The average molecular weight is 357 g/mol. The van der Waals surface area contributed by atoms with E-state index in [2.05, 4.69) is 10.6 Å². The van der Waals surface area contributed by atoms with Gasteiger partial charge in [0.1, 0.15) is 6.10 Å². The van der Waals surface area contributed by atoms with Crippen molar-refractivity contribution in [3.63, 3.8) is 0 Å². The summed E-state index contributed by atoms with van der Waals surface area (Å²) in [6.07, 6.45) is 5.61. The Labute approximate surface area is 148 Å². The molecule has 1 aromatic rings. The molecule has 0 aromatic heterocycles. The Hall–Kier alpha value is -1.33. The molecule has 1 amide bonds. The highest BCUT2D eigenvalue weighted by molar-refractivity contribution is 5.85. The monoisotopic (exact) mass is 356 g/mol. The topological polar surface area (TPSA) is 50.4 Å². The predicted molar refractivity (Wildman–Crippen MR) is 94.0 cm³/mol. The second-order valence-corrected chi connectivity index (χ2v) is 6.71. The van der Waals surface area contributed by atoms with Crippen LogP contribution >= 0.6 is 12.4 Å². The van der Waals surface area contributed by atoms with Gasteiger partial charge in [0.15, 0.2) is 11.6 Å². The quantitative estimate of drug-likeness (QED) is 0.852. The van der Waals surface area contributed by atoms with E-state index in [1.807, 2.05) is 6.92 Å². The third-order valence-corrected chi connectivity index (χ3v) is 4.91. The number of para-hydroxylation sites is 1. The molecule has 1 saturated carbocycles. The molecule has 4 nitrogen and oxygen atoms in total. The number of halogens is 2. The van der Waals surface area contributed by atoms with Crippen LogP contribution in [0.2, 0.25) is 0 Å². The summed E-state index contributed by atoms with van der Waals surface area (Å²) in [5, 5.41) is 6.39. The highest BCUT2D eigenvalue weighted by Crippen LogP contribution is 2.33. The van der Waals surface area contributed by atoms with Gasteiger partial charge in [-0.3, -0.25) is 4.79 Å². The molecule has 1 heterocycles. The minimum absolute atomic E-state index is 0. The number of amides is 1. The molecule has 0 radical (unpaired) electrons. The predicted octanol–water partition coefficient (Wildman–Crippen LogP) is 3.05. The van der Waals surface area contributed by atoms with Gasteiger partial charge in [-0.05, 0) is 44.2 Å². The summed E-state index contributed by atoms with van der Waals surface area (Å²) in [7, 11) is 0. The van der Waals surface area contributed by atoms with E-state index < -0.39 is 0 Å². The second-order valence-electron chi connectivity index (χ2n) is 6.71. The molecule has 0 spiro atoms. The molecule has 0 bridgehead atoms. The Kier molecular flexibility index (Phi) is 6.87. The van der Waals surface area contributed by atoms with Gasteiger partial charge in [0, 0.05) is 6.04 Å². The van der Waals surface area contributed by atoms with E-state index in [0.29, 0.717) is 18.5 Å². The normalized spacial score (nSPS) is 26.8. The van der Waals surface area contributed by atoms with Crippen molar-refractivity contribution in [1.29, 1.82) is 0 Å². The number of nitrogens with one attached hydrogen (secondary N) is 2. The van der Waals surface area contributed by atoms with Gasteiger partial charge in [-0.2, -0.15) is 0 Å². The van der Waals surface area contributed by atoms with Crippen LogP contribution in [-0.2, 0) is 4.79 Å². The van der Waals surface area contributed by atoms with Crippen molar-refractivity contribution in [3.8, 4) is 5.75 Å². The molecule has 1 aliphatic carbocycles. The highest BCUT2D eigenvalue weighted by atomic mass is 35.5. The standard InChI is InChI=1S/C18H25FN2O2.ClH/c1-12(23-17-9-5-3-7-14(17)19)11-20-18(22)16-10-13-6-2-4-8-15(13)21-16;/h3,5,7,9,12-13,15-16,21H,2,4,6,8,10-11H2,1H3,(H,20,22);1H. The molecule has 1 saturated heterocycles. The Morgan fingerprint density at radius 2 is 2.12 bits per heavy atom. The fourth-order valence-corrected chi connectivity index (χ4v) is 3.69. The molecule has 3 rings (SSSR count). The first-order chi connectivity index (χ1) is 11.1. The van der Waals surface area contributed by atoms with Gasteiger partial charge in [0.25, 0.3) is 0 Å². The minimum Gasteiger partial charge on any atom is -0.486 e. The van der Waals surface area contributed by atoms with Crippen LogP contribution in [-0.4, -0.2) is 30.6 Å². The molecule has 1 aliphatic heterocycles. The minimum atomic E-state index is -0.382. The number of hydrogen-bond acceptors (Lipinski definition) is 3. The van der Waals surface area contributed by atoms with Gasteiger partial charge in [0.05, 0.1) is 12.6 Å². The number of benzene rings is 1. The third kappa shape index (κ3) is 4.61. The largest absolute Gasteiger partial charge is 0.486 e. The zero-order valence-electron chi connectivity index (χ0n) is 14.0. The molecule has 4 unspecified atom stereocenters. The maximum atomic E-state index is 13.5. The van der Waals surface area contributed by atoms with Gasteiger partial charge in [-0.25, -0.2) is 4.39 Å². The lowest BCUT2D eigenvalue weighted by atomic mass is 9.85. The molecule has 24 heavy (non-hydrogen) atoms. The van der Waals surface area contributed by atoms with Crippen LogP contribution in [0.3, 0.4) is 0 Å². The van der Waals surface area contributed by atoms with Crippen LogP contribution in [0.1, 0.15) is 39.0 Å². The maximum absolute atomic E-state index is 13.5. The molecule has 2 fully saturated rings. The van der Waals surface area contributed by atoms with Crippen molar-refractivity contribution in [2.75, 3.05) is 6.54 Å². The van der Waals surface area contributed by atoms with E-state index in [0.717, 1.165) is 6.42 Å². The van der Waals surface area contributed by atoms with Crippen LogP contribution in [0.4, 0.5) is 4.39 Å². The maximum Gasteiger partial charge on any atom is 0.237 e. The number of ether oxygens (including phenoxy) is 1. The summed E-state index contributed by atoms with van der Waals surface area (Å²) >= 11 is 0. The Morgan fingerprint density at radius 3 is 2.88 bits per heavy atom. The summed E-state index contributed by atoms with van der Waals surface area (Å²) in [5.74, 6) is 0.515. The first-order valence-electron chi connectivity index (χ1n) is 8.58. The van der Waals surface area contributed by atoms with Gasteiger partial charge >= 0.3 is 0 Å². The van der Waals surface area contributed by atoms with Crippen LogP contribution in [0.5, 0.6) is 5.75 Å². The number of carbonyl (C=O) groups is 1. The Balaban J connectivity index is 0.00000208. The van der Waals surface area contributed by atoms with Crippen LogP contribution in [0.15, 0.2) is 24.3 Å². The summed E-state index contributed by atoms with van der Waals surface area (Å²) in [4.78, 5) is 12.3. The SMILES string of the molecule is CC(CNC(=O)C1CC2CCCCC2N1)Oc1ccccc1F.Cl. The average Bonchev–Trinajstić information content (AvgIpc) is 2.99. The van der Waals surface area contributed by atoms with E-state index >= 15 is 0 Å². The third-order valence-electron chi connectivity index (χ3n) is 4.91. The zero-order chi connectivity index (χ0) is 16.2. The van der Waals surface area contributed by atoms with Crippen molar-refractivity contribution < 1.29 is 13.9 Å². The fourth-order valence-electron chi connectivity index (χ4n) is 3.69. The molecule has 134 valence electrons. The molecular formula is C18H26ClFN2O2. The van der Waals surface area contributed by atoms with E-state index in [1.165, 1.54) is 31.7 Å². The molecule has 1 aromatic carbocycles. The number of rotatable bonds is 5. The zero-order valence-corrected chi connectivity index (χ0v) is 14.8. The summed E-state index contributed by atoms with van der Waals surface area (Å²) < 4.78 is 19.1. The van der Waals surface area contributed by atoms with Crippen molar-refractivity contribution >= 4 is 18.3 Å². The van der Waals surface area contributed by atoms with Crippen molar-refractivity contribution in [2.45, 2.75) is 57.2 Å². The molecule has 2 aliphatic rings. The lowest BCUT2D eigenvalue weighted by Crippen LogP contribution is -2.45. The first-order valence-corrected chi connectivity index (χ1v) is 8.58. The van der Waals surface area contributed by atoms with Gasteiger partial charge in [-0.1, -0.05) is 25.0 Å². The smallest absolute Gasteiger partial charge is 0.237 e. The van der Waals surface area contributed by atoms with E-state index in [4.69, 9.17) is 4.74 Å². The highest BCUT2D eigenvalue weighted by Gasteiger charge is 2.38. The van der Waals surface area contributed by atoms with Crippen LogP contribution < -0.4 is 15.4 Å². The van der Waals surface area contributed by atoms with E-state index in [-0.39, 0.29) is 42.0 Å². The number of fused-ring (bicyclic) bond motifs is 1. The van der Waals surface area contributed by atoms with Crippen molar-refractivity contribution in [2.24, 2.45) is 5.92 Å². The second kappa shape index (κ2) is 8.67. The van der Waals surface area contributed by atoms with Crippen LogP contribution in [0.25, 0.3) is 0 Å². The molecular weight excluding hydrogens is 331 g/mol. The summed E-state index contributed by atoms with van der Waals surface area (Å²) in [5.41, 5.74) is 0. The number of hydrogen-bond donors (Lipinski definition) is 2. The fraction of sp³-hybridized carbons (Fsp3) is 0.611. The Morgan fingerprint density at radius 1 is 1.38 bits per heavy atom. The van der Waals surface area contributed by atoms with Crippen molar-refractivity contribution in [3.05, 3.63) is 30.1 Å². The van der Waals surface area contributed by atoms with Gasteiger partial charge in [-0.15, -0.1) is 12.4 Å². The summed E-state index contributed by atoms with van der Waals surface area (Å²) in [6.45, 7) is 2.20. The van der Waals surface area contributed by atoms with E-state index in [1.54, 1.807) is 18.2 Å². The lowest BCUT2D eigenvalue weighted by Gasteiger charge is -2.24. The van der Waals surface area contributed by atoms with Crippen LogP contribution in [0, 0.1) is 11.7 Å². The van der Waals surface area contributed by atoms with Crippen molar-refractivity contribution in [1.82, 2.24) is 10.6 Å². The number of carbonyl (C=O) groups excluding carboxylic acids is 1. The Bertz CT molecular complexity index is 544. The molecule has 6 heteroatoms. The van der Waals surface area contributed by atoms with Gasteiger partial charge in [0.2, 0.25) is 5.91 Å².